The van der Waals surface area contributed by atoms with Crippen LogP contribution >= 0.6 is 0 Å². The van der Waals surface area contributed by atoms with Gasteiger partial charge in [0, 0.05) is 82.6 Å². The lowest BCUT2D eigenvalue weighted by Crippen LogP contribution is -2.45. The number of carbonyl (C=O) groups excluding carboxylic acids is 6. The molecule has 0 aliphatic carbocycles. The van der Waals surface area contributed by atoms with Crippen LogP contribution in [0.5, 0.6) is 0 Å². The Hall–Kier alpha value is -5.31. The summed E-state index contributed by atoms with van der Waals surface area (Å²) >= 11 is 0. The standard InChI is InChI=1S/C41H70N10O14S/c1-40(2,26-41(3,4)27-48-32(52)6-5-23-66(62,63)51-43)24-35(55)50-31(39(60)61)12-14-34(54)49-30(38(58)59)11-13-33(53)46-19-20-64-21-22-65-25-36(56)45-17-18-47-37(57)28-7-9-29(10-8-28)44-16-15-42/h7-10,30-31H,5-6,11-27,42-43H2,1-4H3,(H10-,44,45,46,47,48,49,50,51,52,53,54,55,56,57,58,59,60,61,62,63)/p+1/t30-,31+/m1/s1. The molecule has 0 aliphatic rings. The summed E-state index contributed by atoms with van der Waals surface area (Å²) in [5.41, 5.74) is 5.64. The predicted molar refractivity (Wildman–Crippen MR) is 243 cm³/mol. The Labute approximate surface area is 386 Å². The lowest BCUT2D eigenvalue weighted by atomic mass is 9.73. The summed E-state index contributed by atoms with van der Waals surface area (Å²) in [6, 6.07) is 4.00. The Morgan fingerprint density at radius 1 is 0.682 bits per heavy atom. The van der Waals surface area contributed by atoms with Gasteiger partial charge in [-0.3, -0.25) is 28.8 Å². The lowest BCUT2D eigenvalue weighted by molar-refractivity contribution is -0.143. The molecule has 0 heterocycles. The molecule has 0 aliphatic heterocycles. The van der Waals surface area contributed by atoms with Crippen molar-refractivity contribution in [3.05, 3.63) is 29.8 Å². The predicted octanol–water partition coefficient (Wildman–Crippen LogP) is -1.17. The van der Waals surface area contributed by atoms with Gasteiger partial charge in [-0.2, -0.15) is 4.55 Å². The molecule has 1 unspecified atom stereocenters. The van der Waals surface area contributed by atoms with Gasteiger partial charge in [0.25, 0.3) is 5.91 Å². The largest absolute Gasteiger partial charge is 0.480 e. The van der Waals surface area contributed by atoms with Crippen molar-refractivity contribution in [1.82, 2.24) is 36.7 Å². The number of hydrogen-bond donors (Lipinski definition) is 13. The molecule has 1 aromatic carbocycles. The van der Waals surface area contributed by atoms with Gasteiger partial charge in [-0.1, -0.05) is 27.7 Å². The molecular weight excluding hydrogens is 889 g/mol. The summed E-state index contributed by atoms with van der Waals surface area (Å²) in [6.07, 6.45) is -0.789. The number of rotatable bonds is 36. The number of anilines is 1. The highest BCUT2D eigenvalue weighted by Crippen LogP contribution is 2.36. The van der Waals surface area contributed by atoms with Gasteiger partial charge in [0.15, 0.2) is 5.75 Å². The summed E-state index contributed by atoms with van der Waals surface area (Å²) in [5.74, 6) is -0.874. The van der Waals surface area contributed by atoms with Gasteiger partial charge in [0.05, 0.1) is 19.8 Å². The Balaban J connectivity index is 2.31. The van der Waals surface area contributed by atoms with E-state index in [0.29, 0.717) is 25.1 Å². The van der Waals surface area contributed by atoms with Crippen molar-refractivity contribution in [2.45, 2.75) is 91.1 Å². The van der Waals surface area contributed by atoms with Gasteiger partial charge in [-0.25, -0.2) is 15.4 Å². The minimum atomic E-state index is -3.39. The molecule has 0 bridgehead atoms. The molecule has 25 heteroatoms. The van der Waals surface area contributed by atoms with Gasteiger partial charge in [0.1, 0.15) is 18.7 Å². The van der Waals surface area contributed by atoms with Gasteiger partial charge in [0.2, 0.25) is 29.5 Å². The second kappa shape index (κ2) is 30.8. The smallest absolute Gasteiger partial charge is 0.326 e. The fraction of sp³-hybridized carbons (Fsp3) is 0.659. The number of aliphatic carboxylic acids is 2. The molecule has 1 rings (SSSR count). The van der Waals surface area contributed by atoms with E-state index in [2.05, 4.69) is 37.2 Å². The first-order valence-electron chi connectivity index (χ1n) is 21.5. The number of benzene rings is 1. The number of hydrogen-bond acceptors (Lipinski definition) is 14. The van der Waals surface area contributed by atoms with Crippen molar-refractivity contribution in [2.24, 2.45) is 22.4 Å². The fourth-order valence-corrected chi connectivity index (χ4v) is 7.22. The molecule has 66 heavy (non-hydrogen) atoms. The molecule has 0 radical (unpaired) electrons. The first-order chi connectivity index (χ1) is 31.0. The van der Waals surface area contributed by atoms with E-state index in [1.807, 2.05) is 13.8 Å². The Morgan fingerprint density at radius 2 is 1.24 bits per heavy atom. The minimum Gasteiger partial charge on any atom is -0.480 e. The summed E-state index contributed by atoms with van der Waals surface area (Å²) in [5, 5.41) is 37.8. The highest BCUT2D eigenvalue weighted by Gasteiger charge is 2.33. The summed E-state index contributed by atoms with van der Waals surface area (Å²) in [7, 11) is -3.39. The first-order valence-corrected chi connectivity index (χ1v) is 23.2. The van der Waals surface area contributed by atoms with Crippen molar-refractivity contribution in [3.8, 4) is 0 Å². The monoisotopic (exact) mass is 959 g/mol. The third kappa shape index (κ3) is 27.9. The molecule has 6 amide bonds. The highest BCUT2D eigenvalue weighted by atomic mass is 32.3. The van der Waals surface area contributed by atoms with Crippen molar-refractivity contribution in [1.29, 1.82) is 0 Å². The second-order valence-corrected chi connectivity index (χ2v) is 18.9. The van der Waals surface area contributed by atoms with Crippen LogP contribution in [0.25, 0.3) is 0 Å². The molecule has 374 valence electrons. The Kier molecular flexibility index (Phi) is 27.4. The number of amides is 6. The molecule has 3 atom stereocenters. The van der Waals surface area contributed by atoms with Crippen LogP contribution in [0.3, 0.4) is 0 Å². The maximum Gasteiger partial charge on any atom is 0.326 e. The van der Waals surface area contributed by atoms with Gasteiger partial charge >= 0.3 is 22.3 Å². The van der Waals surface area contributed by atoms with Crippen LogP contribution in [-0.2, 0) is 57.6 Å². The van der Waals surface area contributed by atoms with Crippen molar-refractivity contribution in [2.75, 3.05) is 76.8 Å². The van der Waals surface area contributed by atoms with E-state index in [-0.39, 0.29) is 115 Å². The molecule has 24 nitrogen and oxygen atoms in total. The van der Waals surface area contributed by atoms with E-state index in [0.717, 1.165) is 5.69 Å². The molecule has 0 aromatic heterocycles. The zero-order valence-corrected chi connectivity index (χ0v) is 39.1. The quantitative estimate of drug-likeness (QED) is 0.0163. The van der Waals surface area contributed by atoms with Crippen molar-refractivity contribution in [3.63, 3.8) is 0 Å². The zero-order chi connectivity index (χ0) is 49.8. The maximum absolute atomic E-state index is 12.9. The van der Waals surface area contributed by atoms with Crippen molar-refractivity contribution < 1.29 is 66.8 Å². The molecular formula is C41H71N10O14S+. The fourth-order valence-electron chi connectivity index (χ4n) is 6.57. The summed E-state index contributed by atoms with van der Waals surface area (Å²) < 4.78 is 31.6. The van der Waals surface area contributed by atoms with E-state index < -0.39 is 69.4 Å². The number of hydrazine groups is 1. The molecule has 0 saturated heterocycles. The number of nitrogens with two attached hydrogens (primary N) is 2. The Morgan fingerprint density at radius 3 is 1.85 bits per heavy atom. The summed E-state index contributed by atoms with van der Waals surface area (Å²) in [4.78, 5) is 99.9. The van der Waals surface area contributed by atoms with Crippen LogP contribution in [0.1, 0.15) is 89.4 Å². The van der Waals surface area contributed by atoms with Crippen molar-refractivity contribution >= 4 is 63.5 Å². The highest BCUT2D eigenvalue weighted by molar-refractivity contribution is 7.95. The number of carbonyl (C=O) groups is 8. The molecule has 15 N–H and O–H groups in total. The minimum absolute atomic E-state index is 0.00697. The first kappa shape index (κ1) is 58.7. The van der Waals surface area contributed by atoms with E-state index in [1.165, 1.54) is 0 Å². The molecule has 1 aromatic rings. The second-order valence-electron chi connectivity index (χ2n) is 16.9. The van der Waals surface area contributed by atoms with Crippen LogP contribution in [0, 0.1) is 10.8 Å². The molecule has 0 fully saturated rings. The van der Waals surface area contributed by atoms with Crippen LogP contribution in [-0.4, -0.2) is 146 Å². The Bertz CT molecular complexity index is 1780. The van der Waals surface area contributed by atoms with Crippen LogP contribution in [0.2, 0.25) is 0 Å². The number of carboxylic acids is 2. The SMILES string of the molecule is CC(C)(CNC(=O)CCC[S+](=O)(O)NN)CC(C)(C)CC(=O)N[C@@H](CCC(=O)N[C@H](CCC(=O)NCCOCCOCC(=O)NCCNC(=O)c1ccc(NCCN)cc1)C(=O)O)C(=O)O. The van der Waals surface area contributed by atoms with E-state index in [1.54, 1.807) is 42.9 Å². The van der Waals surface area contributed by atoms with Gasteiger partial charge in [-0.05, 0) is 63.4 Å². The third-order valence-electron chi connectivity index (χ3n) is 9.48. The van der Waals surface area contributed by atoms with Crippen LogP contribution in [0.15, 0.2) is 24.3 Å². The molecule has 0 saturated carbocycles. The summed E-state index contributed by atoms with van der Waals surface area (Å²) in [6.45, 7) is 9.29. The van der Waals surface area contributed by atoms with Crippen LogP contribution < -0.4 is 53.6 Å². The third-order valence-corrected chi connectivity index (χ3v) is 10.7. The van der Waals surface area contributed by atoms with E-state index in [4.69, 9.17) is 21.1 Å². The average molecular weight is 960 g/mol. The van der Waals surface area contributed by atoms with Crippen LogP contribution in [0.4, 0.5) is 5.69 Å². The normalized spacial score (nSPS) is 13.3. The number of ether oxygens (including phenoxy) is 2. The lowest BCUT2D eigenvalue weighted by Gasteiger charge is -2.35. The number of carboxylic acid groups (broad SMARTS) is 2. The zero-order valence-electron chi connectivity index (χ0n) is 38.3. The topological polar surface area (TPSA) is 381 Å². The maximum atomic E-state index is 12.9. The molecule has 0 spiro atoms. The van der Waals surface area contributed by atoms with Gasteiger partial charge in [-0.15, -0.1) is 0 Å². The number of nitrogens with one attached hydrogen (secondary N) is 8. The van der Waals surface area contributed by atoms with Gasteiger partial charge < -0.3 is 62.6 Å². The van der Waals surface area contributed by atoms with E-state index in [9.17, 15) is 57.3 Å². The van der Waals surface area contributed by atoms with E-state index >= 15 is 0 Å². The average Bonchev–Trinajstić information content (AvgIpc) is 3.23.